The molecular formula is C48H92O6. The maximum Gasteiger partial charge on any atom is 0.306 e. The predicted octanol–water partition coefficient (Wildman–Crippen LogP) is 15.0. The lowest BCUT2D eigenvalue weighted by atomic mass is 10.00. The number of hydrogen-bond acceptors (Lipinski definition) is 6. The van der Waals surface area contributed by atoms with Crippen molar-refractivity contribution < 1.29 is 28.6 Å². The summed E-state index contributed by atoms with van der Waals surface area (Å²) in [4.78, 5) is 37.4. The zero-order valence-corrected chi connectivity index (χ0v) is 36.8. The van der Waals surface area contributed by atoms with E-state index in [1.54, 1.807) is 0 Å². The van der Waals surface area contributed by atoms with Crippen LogP contribution in [0.25, 0.3) is 0 Å². The molecule has 0 saturated heterocycles. The largest absolute Gasteiger partial charge is 0.462 e. The van der Waals surface area contributed by atoms with Crippen LogP contribution in [0.15, 0.2) is 0 Å². The number of unbranched alkanes of at least 4 members (excludes halogenated alkanes) is 26. The van der Waals surface area contributed by atoms with Crippen LogP contribution in [0.2, 0.25) is 0 Å². The minimum Gasteiger partial charge on any atom is -0.462 e. The molecule has 0 aliphatic rings. The summed E-state index contributed by atoms with van der Waals surface area (Å²) >= 11 is 0. The van der Waals surface area contributed by atoms with Gasteiger partial charge in [0.15, 0.2) is 6.10 Å². The molecule has 0 aromatic heterocycles. The number of hydrogen-bond donors (Lipinski definition) is 0. The summed E-state index contributed by atoms with van der Waals surface area (Å²) in [5, 5.41) is 0. The van der Waals surface area contributed by atoms with Crippen molar-refractivity contribution >= 4 is 17.9 Å². The molecule has 0 spiro atoms. The standard InChI is InChI=1S/C48H92O6/c1-6-8-9-26-33-38-46(49)52-41-45(54-48(51)40-35-30-25-24-28-32-37-44(5)7-2)42-53-47(50)39-34-29-23-21-19-17-15-13-11-10-12-14-16-18-20-22-27-31-36-43(3)4/h43-45H,6-42H2,1-5H3/t44?,45-/m0/s1. The Bertz CT molecular complexity index is 826. The minimum absolute atomic E-state index is 0.0663. The molecule has 54 heavy (non-hydrogen) atoms. The van der Waals surface area contributed by atoms with E-state index in [-0.39, 0.29) is 31.1 Å². The van der Waals surface area contributed by atoms with Crippen LogP contribution >= 0.6 is 0 Å². The molecule has 0 rings (SSSR count). The molecule has 320 valence electrons. The van der Waals surface area contributed by atoms with Gasteiger partial charge in [-0.05, 0) is 31.1 Å². The lowest BCUT2D eigenvalue weighted by molar-refractivity contribution is -0.167. The van der Waals surface area contributed by atoms with Crippen molar-refractivity contribution in [2.45, 2.75) is 265 Å². The molecule has 6 nitrogen and oxygen atoms in total. The monoisotopic (exact) mass is 765 g/mol. The van der Waals surface area contributed by atoms with Crippen molar-refractivity contribution in [1.82, 2.24) is 0 Å². The molecule has 0 heterocycles. The van der Waals surface area contributed by atoms with Crippen molar-refractivity contribution in [2.24, 2.45) is 11.8 Å². The first-order valence-electron chi connectivity index (χ1n) is 23.8. The Morgan fingerprint density at radius 3 is 1.06 bits per heavy atom. The summed E-state index contributed by atoms with van der Waals surface area (Å²) in [6.07, 6.45) is 39.9. The molecule has 2 atom stereocenters. The van der Waals surface area contributed by atoms with E-state index >= 15 is 0 Å². The fourth-order valence-electron chi connectivity index (χ4n) is 7.07. The number of rotatable bonds is 42. The van der Waals surface area contributed by atoms with Gasteiger partial charge in [-0.1, -0.05) is 221 Å². The van der Waals surface area contributed by atoms with Gasteiger partial charge in [-0.2, -0.15) is 0 Å². The zero-order chi connectivity index (χ0) is 39.7. The third kappa shape index (κ3) is 40.1. The van der Waals surface area contributed by atoms with Crippen LogP contribution < -0.4 is 0 Å². The molecule has 1 unspecified atom stereocenters. The maximum absolute atomic E-state index is 12.6. The highest BCUT2D eigenvalue weighted by atomic mass is 16.6. The molecule has 0 fully saturated rings. The van der Waals surface area contributed by atoms with Gasteiger partial charge in [0.25, 0.3) is 0 Å². The average molecular weight is 765 g/mol. The van der Waals surface area contributed by atoms with Crippen LogP contribution in [0.3, 0.4) is 0 Å². The Labute approximate surface area is 336 Å². The quantitative estimate of drug-likeness (QED) is 0.0350. The molecule has 0 bridgehead atoms. The van der Waals surface area contributed by atoms with Crippen LogP contribution in [0, 0.1) is 11.8 Å². The van der Waals surface area contributed by atoms with Crippen LogP contribution in [-0.4, -0.2) is 37.2 Å². The summed E-state index contributed by atoms with van der Waals surface area (Å²) < 4.78 is 16.6. The van der Waals surface area contributed by atoms with Gasteiger partial charge in [-0.15, -0.1) is 0 Å². The predicted molar refractivity (Wildman–Crippen MR) is 229 cm³/mol. The molecule has 0 aromatic rings. The first-order chi connectivity index (χ1) is 26.3. The average Bonchev–Trinajstić information content (AvgIpc) is 3.15. The van der Waals surface area contributed by atoms with E-state index < -0.39 is 6.10 Å². The Balaban J connectivity index is 4.05. The lowest BCUT2D eigenvalue weighted by Crippen LogP contribution is -2.30. The van der Waals surface area contributed by atoms with Crippen LogP contribution in [0.1, 0.15) is 259 Å². The van der Waals surface area contributed by atoms with Gasteiger partial charge < -0.3 is 14.2 Å². The summed E-state index contributed by atoms with van der Waals surface area (Å²) in [6.45, 7) is 11.3. The Morgan fingerprint density at radius 2 is 0.704 bits per heavy atom. The third-order valence-electron chi connectivity index (χ3n) is 11.1. The summed E-state index contributed by atoms with van der Waals surface area (Å²) in [7, 11) is 0. The van der Waals surface area contributed by atoms with Gasteiger partial charge in [0.05, 0.1) is 0 Å². The number of carbonyl (C=O) groups excluding carboxylic acids is 3. The highest BCUT2D eigenvalue weighted by Crippen LogP contribution is 2.17. The number of carbonyl (C=O) groups is 3. The molecule has 0 aliphatic carbocycles. The van der Waals surface area contributed by atoms with E-state index in [0.717, 1.165) is 76.0 Å². The maximum atomic E-state index is 12.6. The second kappa shape index (κ2) is 41.1. The molecule has 0 radical (unpaired) electrons. The van der Waals surface area contributed by atoms with E-state index in [1.807, 2.05) is 0 Å². The van der Waals surface area contributed by atoms with Gasteiger partial charge in [-0.25, -0.2) is 0 Å². The molecule has 0 N–H and O–H groups in total. The van der Waals surface area contributed by atoms with E-state index in [4.69, 9.17) is 14.2 Å². The number of esters is 3. The topological polar surface area (TPSA) is 78.9 Å². The Morgan fingerprint density at radius 1 is 0.389 bits per heavy atom. The van der Waals surface area contributed by atoms with Gasteiger partial charge in [0, 0.05) is 19.3 Å². The molecule has 0 saturated carbocycles. The first kappa shape index (κ1) is 52.4. The van der Waals surface area contributed by atoms with Gasteiger partial charge in [0.2, 0.25) is 0 Å². The second-order valence-corrected chi connectivity index (χ2v) is 17.1. The number of ether oxygens (including phenoxy) is 3. The molecular weight excluding hydrogens is 673 g/mol. The molecule has 6 heteroatoms. The molecule has 0 aromatic carbocycles. The van der Waals surface area contributed by atoms with E-state index in [2.05, 4.69) is 34.6 Å². The van der Waals surface area contributed by atoms with Gasteiger partial charge >= 0.3 is 17.9 Å². The smallest absolute Gasteiger partial charge is 0.306 e. The fraction of sp³-hybridized carbons (Fsp3) is 0.938. The van der Waals surface area contributed by atoms with Crippen LogP contribution in [0.4, 0.5) is 0 Å². The second-order valence-electron chi connectivity index (χ2n) is 17.1. The highest BCUT2D eigenvalue weighted by Gasteiger charge is 2.19. The van der Waals surface area contributed by atoms with Crippen LogP contribution in [0.5, 0.6) is 0 Å². The zero-order valence-electron chi connectivity index (χ0n) is 36.8. The van der Waals surface area contributed by atoms with E-state index in [9.17, 15) is 14.4 Å². The SMILES string of the molecule is CCCCCCCC(=O)OC[C@@H](COC(=O)CCCCCCCCCCCCCCCCCCCCC(C)C)OC(=O)CCCCCCCCC(C)CC. The summed E-state index contributed by atoms with van der Waals surface area (Å²) in [5.74, 6) is 0.797. The summed E-state index contributed by atoms with van der Waals surface area (Å²) in [5.41, 5.74) is 0. The molecule has 0 aliphatic heterocycles. The van der Waals surface area contributed by atoms with E-state index in [1.165, 1.54) is 141 Å². The van der Waals surface area contributed by atoms with Gasteiger partial charge in [0.1, 0.15) is 13.2 Å². The third-order valence-corrected chi connectivity index (χ3v) is 11.1. The van der Waals surface area contributed by atoms with Crippen molar-refractivity contribution in [1.29, 1.82) is 0 Å². The lowest BCUT2D eigenvalue weighted by Gasteiger charge is -2.18. The van der Waals surface area contributed by atoms with Gasteiger partial charge in [-0.3, -0.25) is 14.4 Å². The van der Waals surface area contributed by atoms with Crippen molar-refractivity contribution in [2.75, 3.05) is 13.2 Å². The fourth-order valence-corrected chi connectivity index (χ4v) is 7.07. The van der Waals surface area contributed by atoms with Crippen molar-refractivity contribution in [3.63, 3.8) is 0 Å². The summed E-state index contributed by atoms with van der Waals surface area (Å²) in [6, 6.07) is 0. The molecule has 0 amide bonds. The Hall–Kier alpha value is -1.59. The van der Waals surface area contributed by atoms with Crippen LogP contribution in [-0.2, 0) is 28.6 Å². The van der Waals surface area contributed by atoms with E-state index in [0.29, 0.717) is 19.3 Å². The first-order valence-corrected chi connectivity index (χ1v) is 23.8. The normalized spacial score (nSPS) is 12.6. The minimum atomic E-state index is -0.759. The highest BCUT2D eigenvalue weighted by molar-refractivity contribution is 5.71. The van der Waals surface area contributed by atoms with Crippen molar-refractivity contribution in [3.05, 3.63) is 0 Å². The van der Waals surface area contributed by atoms with Crippen molar-refractivity contribution in [3.8, 4) is 0 Å². The Kier molecular flexibility index (Phi) is 39.8.